The lowest BCUT2D eigenvalue weighted by atomic mass is 10.1. The summed E-state index contributed by atoms with van der Waals surface area (Å²) in [6.07, 6.45) is 1.66. The van der Waals surface area contributed by atoms with E-state index in [-0.39, 0.29) is 12.0 Å². The van der Waals surface area contributed by atoms with Gasteiger partial charge in [-0.2, -0.15) is 0 Å². The standard InChI is InChI=1S/C15H16BrNO3/c1-10(14-4-3-7-20-14)17-9-12-6-5-11(8-13(12)16)15(18)19-2/h3-8,10,17H,9H2,1-2H3/t10-/m1/s1. The van der Waals surface area contributed by atoms with Crippen LogP contribution in [-0.2, 0) is 11.3 Å². The Morgan fingerprint density at radius 3 is 2.85 bits per heavy atom. The van der Waals surface area contributed by atoms with Crippen LogP contribution >= 0.6 is 15.9 Å². The molecule has 0 radical (unpaired) electrons. The number of hydrogen-bond donors (Lipinski definition) is 1. The Morgan fingerprint density at radius 1 is 1.45 bits per heavy atom. The van der Waals surface area contributed by atoms with Gasteiger partial charge in [0.05, 0.1) is 25.0 Å². The van der Waals surface area contributed by atoms with Gasteiger partial charge in [-0.05, 0) is 36.8 Å². The molecular weight excluding hydrogens is 322 g/mol. The molecule has 0 bridgehead atoms. The maximum Gasteiger partial charge on any atom is 0.337 e. The number of methoxy groups -OCH3 is 1. The van der Waals surface area contributed by atoms with Gasteiger partial charge < -0.3 is 14.5 Å². The lowest BCUT2D eigenvalue weighted by Gasteiger charge is -2.12. The molecular formula is C15H16BrNO3. The van der Waals surface area contributed by atoms with Crippen LogP contribution in [0.25, 0.3) is 0 Å². The van der Waals surface area contributed by atoms with Crippen LogP contribution in [0.2, 0.25) is 0 Å². The summed E-state index contributed by atoms with van der Waals surface area (Å²) in [5.74, 6) is 0.557. The van der Waals surface area contributed by atoms with Gasteiger partial charge in [0.1, 0.15) is 5.76 Å². The van der Waals surface area contributed by atoms with Crippen molar-refractivity contribution in [2.24, 2.45) is 0 Å². The highest BCUT2D eigenvalue weighted by Gasteiger charge is 2.11. The van der Waals surface area contributed by atoms with Crippen LogP contribution in [0, 0.1) is 0 Å². The van der Waals surface area contributed by atoms with Crippen LogP contribution in [0.5, 0.6) is 0 Å². The van der Waals surface area contributed by atoms with Crippen molar-refractivity contribution in [3.8, 4) is 0 Å². The van der Waals surface area contributed by atoms with Crippen LogP contribution < -0.4 is 5.32 Å². The summed E-state index contributed by atoms with van der Waals surface area (Å²) in [6.45, 7) is 2.71. The van der Waals surface area contributed by atoms with Crippen LogP contribution in [0.4, 0.5) is 0 Å². The number of nitrogens with one attached hydrogen (secondary N) is 1. The predicted octanol–water partition coefficient (Wildman–Crippen LogP) is 3.68. The molecule has 5 heteroatoms. The zero-order valence-corrected chi connectivity index (χ0v) is 12.9. The van der Waals surface area contributed by atoms with Crippen LogP contribution in [0.1, 0.15) is 34.6 Å². The van der Waals surface area contributed by atoms with Crippen LogP contribution in [0.15, 0.2) is 45.5 Å². The summed E-state index contributed by atoms with van der Waals surface area (Å²) in [7, 11) is 1.37. The Kier molecular flexibility index (Phi) is 4.98. The van der Waals surface area contributed by atoms with Gasteiger partial charge in [-0.25, -0.2) is 4.79 Å². The molecule has 2 rings (SSSR count). The third-order valence-electron chi connectivity index (χ3n) is 3.04. The van der Waals surface area contributed by atoms with Crippen molar-refractivity contribution in [3.05, 3.63) is 58.0 Å². The fourth-order valence-corrected chi connectivity index (χ4v) is 2.36. The third-order valence-corrected chi connectivity index (χ3v) is 3.78. The minimum Gasteiger partial charge on any atom is -0.468 e. The van der Waals surface area contributed by atoms with E-state index in [2.05, 4.69) is 21.2 Å². The van der Waals surface area contributed by atoms with Crippen molar-refractivity contribution in [2.45, 2.75) is 19.5 Å². The molecule has 1 heterocycles. The molecule has 0 amide bonds. The molecule has 1 atom stereocenters. The van der Waals surface area contributed by atoms with Gasteiger partial charge in [-0.1, -0.05) is 22.0 Å². The highest BCUT2D eigenvalue weighted by atomic mass is 79.9. The van der Waals surface area contributed by atoms with E-state index in [0.717, 1.165) is 15.8 Å². The number of carbonyl (C=O) groups is 1. The molecule has 20 heavy (non-hydrogen) atoms. The van der Waals surface area contributed by atoms with Gasteiger partial charge in [0, 0.05) is 11.0 Å². The maximum absolute atomic E-state index is 11.4. The maximum atomic E-state index is 11.4. The summed E-state index contributed by atoms with van der Waals surface area (Å²) < 4.78 is 10.9. The lowest BCUT2D eigenvalue weighted by molar-refractivity contribution is 0.0600. The molecule has 2 aromatic rings. The lowest BCUT2D eigenvalue weighted by Crippen LogP contribution is -2.18. The Morgan fingerprint density at radius 2 is 2.25 bits per heavy atom. The zero-order chi connectivity index (χ0) is 14.5. The van der Waals surface area contributed by atoms with Crippen molar-refractivity contribution < 1.29 is 13.9 Å². The minimum atomic E-state index is -0.339. The van der Waals surface area contributed by atoms with Crippen molar-refractivity contribution >= 4 is 21.9 Å². The van der Waals surface area contributed by atoms with Gasteiger partial charge in [-0.15, -0.1) is 0 Å². The van der Waals surface area contributed by atoms with Crippen LogP contribution in [0.3, 0.4) is 0 Å². The van der Waals surface area contributed by atoms with E-state index in [1.165, 1.54) is 7.11 Å². The molecule has 0 aliphatic heterocycles. The number of esters is 1. The average Bonchev–Trinajstić information content (AvgIpc) is 2.99. The number of halogens is 1. The molecule has 1 aromatic heterocycles. The van der Waals surface area contributed by atoms with E-state index in [0.29, 0.717) is 12.1 Å². The monoisotopic (exact) mass is 337 g/mol. The quantitative estimate of drug-likeness (QED) is 0.845. The van der Waals surface area contributed by atoms with Gasteiger partial charge in [0.25, 0.3) is 0 Å². The summed E-state index contributed by atoms with van der Waals surface area (Å²) >= 11 is 3.47. The van der Waals surface area contributed by atoms with Crippen molar-refractivity contribution in [1.29, 1.82) is 0 Å². The van der Waals surface area contributed by atoms with E-state index in [9.17, 15) is 4.79 Å². The largest absolute Gasteiger partial charge is 0.468 e. The smallest absolute Gasteiger partial charge is 0.337 e. The average molecular weight is 338 g/mol. The molecule has 0 aliphatic rings. The molecule has 1 aromatic carbocycles. The number of rotatable bonds is 5. The zero-order valence-electron chi connectivity index (χ0n) is 11.4. The van der Waals surface area contributed by atoms with Crippen LogP contribution in [-0.4, -0.2) is 13.1 Å². The topological polar surface area (TPSA) is 51.5 Å². The number of hydrogen-bond acceptors (Lipinski definition) is 4. The van der Waals surface area contributed by atoms with Crippen molar-refractivity contribution in [1.82, 2.24) is 5.32 Å². The number of ether oxygens (including phenoxy) is 1. The van der Waals surface area contributed by atoms with E-state index in [1.807, 2.05) is 25.1 Å². The van der Waals surface area contributed by atoms with Gasteiger partial charge in [0.15, 0.2) is 0 Å². The second-order valence-corrected chi connectivity index (χ2v) is 5.27. The normalized spacial score (nSPS) is 12.2. The number of benzene rings is 1. The molecule has 1 N–H and O–H groups in total. The summed E-state index contributed by atoms with van der Waals surface area (Å²) in [5.41, 5.74) is 1.60. The SMILES string of the molecule is COC(=O)c1ccc(CN[C@H](C)c2ccco2)c(Br)c1. The Bertz CT molecular complexity index is 581. The highest BCUT2D eigenvalue weighted by molar-refractivity contribution is 9.10. The van der Waals surface area contributed by atoms with E-state index >= 15 is 0 Å². The first-order chi connectivity index (χ1) is 9.61. The Hall–Kier alpha value is -1.59. The minimum absolute atomic E-state index is 0.122. The van der Waals surface area contributed by atoms with Gasteiger partial charge in [-0.3, -0.25) is 0 Å². The molecule has 0 fully saturated rings. The molecule has 0 aliphatic carbocycles. The first kappa shape index (κ1) is 14.8. The first-order valence-electron chi connectivity index (χ1n) is 6.25. The van der Waals surface area contributed by atoms with E-state index in [1.54, 1.807) is 18.4 Å². The second kappa shape index (κ2) is 6.72. The number of furan rings is 1. The molecule has 0 saturated carbocycles. The van der Waals surface area contributed by atoms with E-state index in [4.69, 9.17) is 9.15 Å². The van der Waals surface area contributed by atoms with Crippen molar-refractivity contribution in [2.75, 3.05) is 7.11 Å². The van der Waals surface area contributed by atoms with E-state index < -0.39 is 0 Å². The van der Waals surface area contributed by atoms with Gasteiger partial charge >= 0.3 is 5.97 Å². The molecule has 0 unspecified atom stereocenters. The summed E-state index contributed by atoms with van der Waals surface area (Å²) in [4.78, 5) is 11.4. The molecule has 0 saturated heterocycles. The Labute approximate surface area is 126 Å². The molecule has 0 spiro atoms. The fourth-order valence-electron chi connectivity index (χ4n) is 1.84. The highest BCUT2D eigenvalue weighted by Crippen LogP contribution is 2.20. The third kappa shape index (κ3) is 3.49. The first-order valence-corrected chi connectivity index (χ1v) is 7.04. The second-order valence-electron chi connectivity index (χ2n) is 4.42. The summed E-state index contributed by atoms with van der Waals surface area (Å²) in [5, 5.41) is 3.36. The number of carbonyl (C=O) groups excluding carboxylic acids is 1. The fraction of sp³-hybridized carbons (Fsp3) is 0.267. The Balaban J connectivity index is 2.01. The van der Waals surface area contributed by atoms with Crippen molar-refractivity contribution in [3.63, 3.8) is 0 Å². The molecule has 106 valence electrons. The van der Waals surface area contributed by atoms with Gasteiger partial charge in [0.2, 0.25) is 0 Å². The predicted molar refractivity (Wildman–Crippen MR) is 79.4 cm³/mol. The summed E-state index contributed by atoms with van der Waals surface area (Å²) in [6, 6.07) is 9.35. The molecule has 4 nitrogen and oxygen atoms in total.